The van der Waals surface area contributed by atoms with Gasteiger partial charge in [-0.2, -0.15) is 0 Å². The van der Waals surface area contributed by atoms with Gasteiger partial charge < -0.3 is 5.11 Å². The summed E-state index contributed by atoms with van der Waals surface area (Å²) in [6.45, 7) is 0.377. The molecule has 1 aliphatic rings. The maximum atomic E-state index is 13.0. The molecule has 1 aromatic heterocycles. The van der Waals surface area contributed by atoms with Crippen LogP contribution in [-0.2, 0) is 11.5 Å². The van der Waals surface area contributed by atoms with E-state index in [2.05, 4.69) is 10.2 Å². The van der Waals surface area contributed by atoms with E-state index in [1.807, 2.05) is 4.57 Å². The largest absolute Gasteiger partial charge is 0.480 e. The number of carboxylic acids is 1. The highest BCUT2D eigenvalue weighted by atomic mass is 32.2. The lowest BCUT2D eigenvalue weighted by atomic mass is 10.2. The minimum atomic E-state index is -0.870. The summed E-state index contributed by atoms with van der Waals surface area (Å²) in [5.41, 5.74) is 0.753. The lowest BCUT2D eigenvalue weighted by molar-refractivity contribution is -0.138. The lowest BCUT2D eigenvalue weighted by Gasteiger charge is -2.26. The summed E-state index contributed by atoms with van der Waals surface area (Å²) < 4.78 is 14.8. The number of halogens is 1. The van der Waals surface area contributed by atoms with Crippen LogP contribution in [0.15, 0.2) is 29.4 Å². The molecule has 0 atom stereocenters. The second-order valence-electron chi connectivity index (χ2n) is 4.38. The highest BCUT2D eigenvalue weighted by Gasteiger charge is 2.23. The van der Waals surface area contributed by atoms with Gasteiger partial charge in [-0.1, -0.05) is 11.8 Å². The highest BCUT2D eigenvalue weighted by molar-refractivity contribution is 7.99. The zero-order valence-electron chi connectivity index (χ0n) is 10.4. The van der Waals surface area contributed by atoms with Gasteiger partial charge in [0.1, 0.15) is 5.82 Å². The summed E-state index contributed by atoms with van der Waals surface area (Å²) in [4.78, 5) is 12.6. The quantitative estimate of drug-likeness (QED) is 0.925. The second kappa shape index (κ2) is 5.22. The molecule has 0 fully saturated rings. The van der Waals surface area contributed by atoms with E-state index in [-0.39, 0.29) is 12.4 Å². The van der Waals surface area contributed by atoms with Crippen molar-refractivity contribution in [2.24, 2.45) is 0 Å². The number of aromatic nitrogens is 3. The number of rotatable bonds is 3. The predicted octanol–water partition coefficient (Wildman–Crippen LogP) is 1.49. The number of hydrogen-bond donors (Lipinski definition) is 1. The van der Waals surface area contributed by atoms with Crippen molar-refractivity contribution in [3.63, 3.8) is 0 Å². The molecule has 0 saturated heterocycles. The van der Waals surface area contributed by atoms with Crippen LogP contribution in [0.5, 0.6) is 0 Å². The van der Waals surface area contributed by atoms with E-state index < -0.39 is 5.97 Å². The molecule has 0 saturated carbocycles. The monoisotopic (exact) mass is 294 g/mol. The van der Waals surface area contributed by atoms with Crippen LogP contribution >= 0.6 is 11.8 Å². The summed E-state index contributed by atoms with van der Waals surface area (Å²) >= 11 is 1.44. The summed E-state index contributed by atoms with van der Waals surface area (Å²) in [7, 11) is 0. The fourth-order valence-corrected chi connectivity index (χ4v) is 2.88. The first-order chi connectivity index (χ1) is 9.63. The van der Waals surface area contributed by atoms with Gasteiger partial charge in [0.2, 0.25) is 0 Å². The Morgan fingerprint density at radius 1 is 1.35 bits per heavy atom. The maximum Gasteiger partial charge on any atom is 0.317 e. The van der Waals surface area contributed by atoms with Crippen LogP contribution in [0.3, 0.4) is 0 Å². The van der Waals surface area contributed by atoms with Crippen LogP contribution in [0, 0.1) is 5.82 Å². The molecule has 0 amide bonds. The minimum Gasteiger partial charge on any atom is -0.480 e. The molecule has 2 heterocycles. The van der Waals surface area contributed by atoms with E-state index in [1.165, 1.54) is 23.9 Å². The first-order valence-electron chi connectivity index (χ1n) is 5.89. The molecule has 6 nitrogen and oxygen atoms in total. The van der Waals surface area contributed by atoms with Crippen molar-refractivity contribution in [1.82, 2.24) is 19.7 Å². The van der Waals surface area contributed by atoms with Crippen LogP contribution in [0.25, 0.3) is 11.4 Å². The van der Waals surface area contributed by atoms with Gasteiger partial charge >= 0.3 is 5.97 Å². The molecule has 1 N–H and O–H groups in total. The second-order valence-corrected chi connectivity index (χ2v) is 5.29. The third kappa shape index (κ3) is 2.52. The number of benzene rings is 1. The van der Waals surface area contributed by atoms with Gasteiger partial charge in [-0.05, 0) is 24.3 Å². The Bertz CT molecular complexity index is 643. The molecule has 1 aromatic carbocycles. The molecule has 2 aromatic rings. The number of carbonyl (C=O) groups is 1. The van der Waals surface area contributed by atoms with Crippen LogP contribution in [-0.4, -0.2) is 43.2 Å². The van der Waals surface area contributed by atoms with Gasteiger partial charge in [-0.3, -0.25) is 14.3 Å². The molecular weight excluding hydrogens is 283 g/mol. The summed E-state index contributed by atoms with van der Waals surface area (Å²) in [6.07, 6.45) is 0. The Kier molecular flexibility index (Phi) is 3.41. The Morgan fingerprint density at radius 3 is 2.80 bits per heavy atom. The molecule has 3 rings (SSSR count). The third-order valence-corrected chi connectivity index (χ3v) is 3.95. The van der Waals surface area contributed by atoms with Crippen molar-refractivity contribution < 1.29 is 14.3 Å². The van der Waals surface area contributed by atoms with Gasteiger partial charge in [0.15, 0.2) is 11.0 Å². The first kappa shape index (κ1) is 13.1. The highest BCUT2D eigenvalue weighted by Crippen LogP contribution is 2.28. The van der Waals surface area contributed by atoms with E-state index >= 15 is 0 Å². The standard InChI is InChI=1S/C12H11FN4O2S/c13-9-3-1-8(2-4-9)11-14-15-12-17(11)6-16(7-20-12)5-10(18)19/h1-4H,5-7H2,(H,18,19). The molecule has 0 unspecified atom stereocenters. The average Bonchev–Trinajstić information content (AvgIpc) is 2.82. The van der Waals surface area contributed by atoms with Crippen molar-refractivity contribution in [1.29, 1.82) is 0 Å². The average molecular weight is 294 g/mol. The molecule has 104 valence electrons. The SMILES string of the molecule is O=C(O)CN1CSc2nnc(-c3ccc(F)cc3)n2C1. The van der Waals surface area contributed by atoms with E-state index in [0.29, 0.717) is 18.4 Å². The van der Waals surface area contributed by atoms with Crippen LogP contribution in [0.1, 0.15) is 0 Å². The fourth-order valence-electron chi connectivity index (χ4n) is 2.01. The van der Waals surface area contributed by atoms with Crippen molar-refractivity contribution in [3.8, 4) is 11.4 Å². The molecule has 0 radical (unpaired) electrons. The first-order valence-corrected chi connectivity index (χ1v) is 6.88. The minimum absolute atomic E-state index is 0.0342. The molecular formula is C12H11FN4O2S. The third-order valence-electron chi connectivity index (χ3n) is 2.90. The zero-order chi connectivity index (χ0) is 14.1. The Balaban J connectivity index is 1.90. The van der Waals surface area contributed by atoms with Crippen LogP contribution in [0.4, 0.5) is 4.39 Å². The number of carboxylic acid groups (broad SMARTS) is 1. The molecule has 0 spiro atoms. The smallest absolute Gasteiger partial charge is 0.317 e. The van der Waals surface area contributed by atoms with Crippen molar-refractivity contribution in [2.75, 3.05) is 12.4 Å². The van der Waals surface area contributed by atoms with Gasteiger partial charge in [0.05, 0.1) is 19.1 Å². The Morgan fingerprint density at radius 2 is 2.10 bits per heavy atom. The number of fused-ring (bicyclic) bond motifs is 1. The van der Waals surface area contributed by atoms with E-state index in [9.17, 15) is 9.18 Å². The molecule has 0 bridgehead atoms. The van der Waals surface area contributed by atoms with E-state index in [0.717, 1.165) is 10.7 Å². The summed E-state index contributed by atoms with van der Waals surface area (Å²) in [5.74, 6) is -0.00420. The number of nitrogens with zero attached hydrogens (tertiary/aromatic N) is 4. The number of aliphatic carboxylic acids is 1. The van der Waals surface area contributed by atoms with E-state index in [1.54, 1.807) is 17.0 Å². The summed E-state index contributed by atoms with van der Waals surface area (Å²) in [6, 6.07) is 5.99. The van der Waals surface area contributed by atoms with Gasteiger partial charge in [-0.15, -0.1) is 10.2 Å². The molecule has 8 heteroatoms. The van der Waals surface area contributed by atoms with Gasteiger partial charge in [0, 0.05) is 5.56 Å². The van der Waals surface area contributed by atoms with E-state index in [4.69, 9.17) is 5.11 Å². The summed E-state index contributed by atoms with van der Waals surface area (Å²) in [5, 5.41) is 17.8. The molecule has 20 heavy (non-hydrogen) atoms. The lowest BCUT2D eigenvalue weighted by Crippen LogP contribution is -2.34. The zero-order valence-corrected chi connectivity index (χ0v) is 11.2. The molecule has 1 aliphatic heterocycles. The maximum absolute atomic E-state index is 13.0. The van der Waals surface area contributed by atoms with Gasteiger partial charge in [-0.25, -0.2) is 4.39 Å². The topological polar surface area (TPSA) is 71.2 Å². The Hall–Kier alpha value is -1.93. The predicted molar refractivity (Wildman–Crippen MR) is 70.5 cm³/mol. The Labute approximate surface area is 118 Å². The van der Waals surface area contributed by atoms with Crippen molar-refractivity contribution in [3.05, 3.63) is 30.1 Å². The van der Waals surface area contributed by atoms with Gasteiger partial charge in [0.25, 0.3) is 0 Å². The fraction of sp³-hybridized carbons (Fsp3) is 0.250. The number of thioether (sulfide) groups is 1. The molecule has 0 aliphatic carbocycles. The van der Waals surface area contributed by atoms with Crippen LogP contribution < -0.4 is 0 Å². The van der Waals surface area contributed by atoms with Crippen molar-refractivity contribution >= 4 is 17.7 Å². The normalized spacial score (nSPS) is 15.1. The number of hydrogen-bond acceptors (Lipinski definition) is 5. The van der Waals surface area contributed by atoms with Crippen molar-refractivity contribution in [2.45, 2.75) is 11.8 Å². The van der Waals surface area contributed by atoms with Crippen LogP contribution in [0.2, 0.25) is 0 Å².